The second-order valence-electron chi connectivity index (χ2n) is 2.92. The number of hydrogen-bond donors (Lipinski definition) is 0. The molecule has 0 aromatic carbocycles. The molecule has 0 atom stereocenters. The molecule has 0 bridgehead atoms. The molecule has 15 heavy (non-hydrogen) atoms. The van der Waals surface area contributed by atoms with E-state index in [9.17, 15) is 0 Å². The summed E-state index contributed by atoms with van der Waals surface area (Å²) in [6.45, 7) is 0. The van der Waals surface area contributed by atoms with Crippen molar-refractivity contribution in [2.75, 3.05) is 7.11 Å². The van der Waals surface area contributed by atoms with Crippen LogP contribution in [0.1, 0.15) is 0 Å². The smallest absolute Gasteiger partial charge is 0.185 e. The van der Waals surface area contributed by atoms with E-state index in [1.165, 1.54) is 7.11 Å². The Balaban J connectivity index is 2.57. The summed E-state index contributed by atoms with van der Waals surface area (Å²) in [5, 5.41) is 4.48. The summed E-state index contributed by atoms with van der Waals surface area (Å²) in [5.41, 5.74) is 0.734. The number of rotatable bonds is 2. The number of hydrogen-bond acceptors (Lipinski definition) is 4. The Morgan fingerprint density at radius 1 is 1.40 bits per heavy atom. The lowest BCUT2D eigenvalue weighted by molar-refractivity contribution is 0.414. The first-order valence-electron chi connectivity index (χ1n) is 4.27. The van der Waals surface area contributed by atoms with Gasteiger partial charge in [-0.25, -0.2) is 9.97 Å². The number of aryl methyl sites for hydroxylation is 1. The molecule has 0 saturated carbocycles. The van der Waals surface area contributed by atoms with E-state index in [0.717, 1.165) is 5.56 Å². The van der Waals surface area contributed by atoms with E-state index in [1.807, 2.05) is 0 Å². The molecule has 0 aliphatic carbocycles. The van der Waals surface area contributed by atoms with Crippen LogP contribution in [0.5, 0.6) is 5.75 Å². The summed E-state index contributed by atoms with van der Waals surface area (Å²) in [6, 6.07) is 1.76. The van der Waals surface area contributed by atoms with Crippen molar-refractivity contribution in [1.29, 1.82) is 0 Å². The summed E-state index contributed by atoms with van der Waals surface area (Å²) in [5.74, 6) is 1.06. The molecule has 0 saturated heterocycles. The molecule has 2 rings (SSSR count). The number of nitrogens with zero attached hydrogens (tertiary/aromatic N) is 4. The topological polar surface area (TPSA) is 52.8 Å². The van der Waals surface area contributed by atoms with Gasteiger partial charge in [-0.1, -0.05) is 11.6 Å². The predicted octanol–water partition coefficient (Wildman–Crippen LogP) is 1.54. The fourth-order valence-electron chi connectivity index (χ4n) is 1.26. The molecule has 0 spiro atoms. The van der Waals surface area contributed by atoms with Crippen LogP contribution in [0.25, 0.3) is 11.4 Å². The molecule has 2 aromatic heterocycles. The van der Waals surface area contributed by atoms with Gasteiger partial charge in [0.2, 0.25) is 0 Å². The van der Waals surface area contributed by atoms with Crippen LogP contribution in [-0.2, 0) is 7.05 Å². The SMILES string of the molecule is COc1c(-c2ncn(C)n2)ccnc1Cl. The van der Waals surface area contributed by atoms with Crippen molar-refractivity contribution >= 4 is 11.6 Å². The van der Waals surface area contributed by atoms with Crippen molar-refractivity contribution in [2.45, 2.75) is 0 Å². The average molecular weight is 225 g/mol. The van der Waals surface area contributed by atoms with Crippen LogP contribution in [0.2, 0.25) is 5.15 Å². The minimum absolute atomic E-state index is 0.308. The molecular formula is C9H9ClN4O. The molecule has 5 nitrogen and oxygen atoms in total. The van der Waals surface area contributed by atoms with Crippen molar-refractivity contribution in [2.24, 2.45) is 7.05 Å². The van der Waals surface area contributed by atoms with Gasteiger partial charge in [-0.05, 0) is 6.07 Å². The number of ether oxygens (including phenoxy) is 1. The van der Waals surface area contributed by atoms with Crippen molar-refractivity contribution < 1.29 is 4.74 Å². The normalized spacial score (nSPS) is 10.3. The van der Waals surface area contributed by atoms with E-state index in [2.05, 4.69) is 15.1 Å². The Labute approximate surface area is 91.7 Å². The molecule has 0 aliphatic heterocycles. The van der Waals surface area contributed by atoms with Crippen molar-refractivity contribution in [3.8, 4) is 17.1 Å². The van der Waals surface area contributed by atoms with Crippen LogP contribution in [0.15, 0.2) is 18.6 Å². The van der Waals surface area contributed by atoms with E-state index in [1.54, 1.807) is 30.3 Å². The van der Waals surface area contributed by atoms with Crippen LogP contribution < -0.4 is 4.74 Å². The first-order chi connectivity index (χ1) is 7.22. The zero-order valence-corrected chi connectivity index (χ0v) is 9.06. The number of halogens is 1. The van der Waals surface area contributed by atoms with E-state index in [0.29, 0.717) is 16.7 Å². The lowest BCUT2D eigenvalue weighted by Crippen LogP contribution is -1.93. The maximum absolute atomic E-state index is 5.89. The van der Waals surface area contributed by atoms with Gasteiger partial charge in [0.15, 0.2) is 16.7 Å². The van der Waals surface area contributed by atoms with Gasteiger partial charge in [0.1, 0.15) is 6.33 Å². The predicted molar refractivity (Wildman–Crippen MR) is 55.8 cm³/mol. The fraction of sp³-hybridized carbons (Fsp3) is 0.222. The first kappa shape index (κ1) is 9.92. The minimum Gasteiger partial charge on any atom is -0.493 e. The lowest BCUT2D eigenvalue weighted by atomic mass is 10.2. The Hall–Kier alpha value is -1.62. The van der Waals surface area contributed by atoms with E-state index >= 15 is 0 Å². The van der Waals surface area contributed by atoms with Gasteiger partial charge >= 0.3 is 0 Å². The molecule has 0 N–H and O–H groups in total. The van der Waals surface area contributed by atoms with Gasteiger partial charge in [0, 0.05) is 13.2 Å². The molecule has 2 aromatic rings. The quantitative estimate of drug-likeness (QED) is 0.727. The monoisotopic (exact) mass is 224 g/mol. The molecule has 0 radical (unpaired) electrons. The Morgan fingerprint density at radius 2 is 2.20 bits per heavy atom. The molecular weight excluding hydrogens is 216 g/mol. The third kappa shape index (κ3) is 1.78. The second kappa shape index (κ2) is 3.86. The summed E-state index contributed by atoms with van der Waals surface area (Å²) in [7, 11) is 3.33. The summed E-state index contributed by atoms with van der Waals surface area (Å²) in [6.07, 6.45) is 3.21. The molecule has 0 amide bonds. The molecule has 2 heterocycles. The van der Waals surface area contributed by atoms with Gasteiger partial charge in [0.05, 0.1) is 12.7 Å². The third-order valence-electron chi connectivity index (χ3n) is 1.91. The van der Waals surface area contributed by atoms with Crippen molar-refractivity contribution in [3.05, 3.63) is 23.7 Å². The highest BCUT2D eigenvalue weighted by atomic mass is 35.5. The van der Waals surface area contributed by atoms with Crippen LogP contribution in [0, 0.1) is 0 Å². The second-order valence-corrected chi connectivity index (χ2v) is 3.28. The van der Waals surface area contributed by atoms with E-state index in [4.69, 9.17) is 16.3 Å². The molecule has 0 fully saturated rings. The summed E-state index contributed by atoms with van der Waals surface area (Å²) < 4.78 is 6.77. The van der Waals surface area contributed by atoms with Gasteiger partial charge < -0.3 is 4.74 Å². The first-order valence-corrected chi connectivity index (χ1v) is 4.64. The zero-order chi connectivity index (χ0) is 10.8. The van der Waals surface area contributed by atoms with E-state index < -0.39 is 0 Å². The number of aromatic nitrogens is 4. The van der Waals surface area contributed by atoms with Crippen LogP contribution >= 0.6 is 11.6 Å². The summed E-state index contributed by atoms with van der Waals surface area (Å²) in [4.78, 5) is 8.04. The average Bonchev–Trinajstić information content (AvgIpc) is 2.64. The van der Waals surface area contributed by atoms with Crippen molar-refractivity contribution in [1.82, 2.24) is 19.7 Å². The Kier molecular flexibility index (Phi) is 2.55. The molecule has 78 valence electrons. The Bertz CT molecular complexity index is 483. The van der Waals surface area contributed by atoms with Gasteiger partial charge in [-0.2, -0.15) is 5.10 Å². The maximum Gasteiger partial charge on any atom is 0.185 e. The van der Waals surface area contributed by atoms with E-state index in [-0.39, 0.29) is 0 Å². The standard InChI is InChI=1S/C9H9ClN4O/c1-14-5-12-9(13-14)6-3-4-11-8(10)7(6)15-2/h3-5H,1-2H3. The number of pyridine rings is 1. The molecule has 6 heteroatoms. The third-order valence-corrected chi connectivity index (χ3v) is 2.17. The summed E-state index contributed by atoms with van der Waals surface area (Å²) >= 11 is 5.89. The maximum atomic E-state index is 5.89. The van der Waals surface area contributed by atoms with Gasteiger partial charge in [0.25, 0.3) is 0 Å². The van der Waals surface area contributed by atoms with Crippen LogP contribution in [-0.4, -0.2) is 26.9 Å². The van der Waals surface area contributed by atoms with Crippen LogP contribution in [0.4, 0.5) is 0 Å². The fourth-order valence-corrected chi connectivity index (χ4v) is 1.49. The highest BCUT2D eigenvalue weighted by Gasteiger charge is 2.13. The molecule has 0 aliphatic rings. The van der Waals surface area contributed by atoms with Crippen LogP contribution in [0.3, 0.4) is 0 Å². The van der Waals surface area contributed by atoms with Gasteiger partial charge in [-0.3, -0.25) is 4.68 Å². The highest BCUT2D eigenvalue weighted by molar-refractivity contribution is 6.31. The Morgan fingerprint density at radius 3 is 2.80 bits per heavy atom. The molecule has 0 unspecified atom stereocenters. The van der Waals surface area contributed by atoms with Gasteiger partial charge in [-0.15, -0.1) is 0 Å². The lowest BCUT2D eigenvalue weighted by Gasteiger charge is -2.05. The zero-order valence-electron chi connectivity index (χ0n) is 8.31. The van der Waals surface area contributed by atoms with Crippen molar-refractivity contribution in [3.63, 3.8) is 0 Å². The largest absolute Gasteiger partial charge is 0.493 e. The minimum atomic E-state index is 0.308. The number of methoxy groups -OCH3 is 1. The highest BCUT2D eigenvalue weighted by Crippen LogP contribution is 2.32.